The molecular weight excluding hydrogens is 328 g/mol. The van der Waals surface area contributed by atoms with Crippen LogP contribution in [-0.4, -0.2) is 0 Å². The van der Waals surface area contributed by atoms with Crippen LogP contribution in [0.15, 0.2) is 18.2 Å². The van der Waals surface area contributed by atoms with Gasteiger partial charge in [-0.2, -0.15) is 13.2 Å². The van der Waals surface area contributed by atoms with Crippen molar-refractivity contribution in [1.29, 1.82) is 0 Å². The Bertz CT molecular complexity index is 562. The molecule has 2 aliphatic rings. The summed E-state index contributed by atoms with van der Waals surface area (Å²) in [5, 5.41) is 0. The zero-order valence-corrected chi connectivity index (χ0v) is 14.9. The van der Waals surface area contributed by atoms with Crippen molar-refractivity contribution in [2.24, 2.45) is 17.8 Å². The molecule has 0 bridgehead atoms. The molecule has 0 radical (unpaired) electrons. The summed E-state index contributed by atoms with van der Waals surface area (Å²) in [7, 11) is 0. The first-order valence-corrected chi connectivity index (χ1v) is 9.75. The van der Waals surface area contributed by atoms with E-state index >= 15 is 0 Å². The fraction of sp³-hybridized carbons (Fsp3) is 0.714. The quantitative estimate of drug-likeness (QED) is 0.497. The Labute approximate surface area is 148 Å². The van der Waals surface area contributed by atoms with Gasteiger partial charge in [-0.05, 0) is 79.9 Å². The Morgan fingerprint density at radius 3 is 1.92 bits per heavy atom. The topological polar surface area (TPSA) is 0 Å². The van der Waals surface area contributed by atoms with Crippen LogP contribution in [0.25, 0.3) is 0 Å². The zero-order valence-electron chi connectivity index (χ0n) is 14.9. The molecule has 0 aromatic heterocycles. The van der Waals surface area contributed by atoms with E-state index in [1.165, 1.54) is 38.2 Å². The van der Waals surface area contributed by atoms with Crippen molar-refractivity contribution in [1.82, 2.24) is 0 Å². The van der Waals surface area contributed by atoms with Crippen LogP contribution in [-0.2, 0) is 6.18 Å². The van der Waals surface area contributed by atoms with Gasteiger partial charge in [0.2, 0.25) is 0 Å². The Balaban J connectivity index is 1.57. The maximum atomic E-state index is 13.8. The lowest BCUT2D eigenvalue weighted by molar-refractivity contribution is -0.140. The summed E-state index contributed by atoms with van der Waals surface area (Å²) in [6, 6.07) is 3.49. The van der Waals surface area contributed by atoms with E-state index in [9.17, 15) is 17.6 Å². The van der Waals surface area contributed by atoms with Crippen LogP contribution < -0.4 is 0 Å². The van der Waals surface area contributed by atoms with Gasteiger partial charge >= 0.3 is 6.18 Å². The predicted molar refractivity (Wildman–Crippen MR) is 91.8 cm³/mol. The van der Waals surface area contributed by atoms with Gasteiger partial charge in [0.05, 0.1) is 5.56 Å². The highest BCUT2D eigenvalue weighted by atomic mass is 19.4. The number of rotatable bonds is 3. The van der Waals surface area contributed by atoms with Crippen molar-refractivity contribution in [3.8, 4) is 0 Å². The highest BCUT2D eigenvalue weighted by molar-refractivity contribution is 5.29. The molecule has 0 heterocycles. The number of benzene rings is 1. The van der Waals surface area contributed by atoms with Crippen LogP contribution in [0.4, 0.5) is 17.6 Å². The van der Waals surface area contributed by atoms with Gasteiger partial charge in [-0.15, -0.1) is 0 Å². The highest BCUT2D eigenvalue weighted by Gasteiger charge is 2.35. The monoisotopic (exact) mass is 356 g/mol. The van der Waals surface area contributed by atoms with E-state index in [2.05, 4.69) is 6.92 Å². The van der Waals surface area contributed by atoms with E-state index in [0.29, 0.717) is 0 Å². The van der Waals surface area contributed by atoms with Crippen molar-refractivity contribution in [3.05, 3.63) is 35.1 Å². The van der Waals surface area contributed by atoms with Gasteiger partial charge in [0.15, 0.2) is 0 Å². The molecule has 140 valence electrons. The van der Waals surface area contributed by atoms with Crippen molar-refractivity contribution >= 4 is 0 Å². The van der Waals surface area contributed by atoms with Gasteiger partial charge in [-0.25, -0.2) is 4.39 Å². The second-order valence-electron chi connectivity index (χ2n) is 8.04. The summed E-state index contributed by atoms with van der Waals surface area (Å²) >= 11 is 0. The van der Waals surface area contributed by atoms with E-state index in [1.807, 2.05) is 0 Å². The summed E-state index contributed by atoms with van der Waals surface area (Å²) in [5.41, 5.74) is -0.420. The minimum absolute atomic E-state index is 0.208. The second kappa shape index (κ2) is 7.67. The van der Waals surface area contributed by atoms with Crippen molar-refractivity contribution in [2.45, 2.75) is 76.8 Å². The van der Waals surface area contributed by atoms with E-state index in [0.717, 1.165) is 61.1 Å². The van der Waals surface area contributed by atoms with E-state index < -0.39 is 17.6 Å². The molecular formula is C21H28F4. The normalized spacial score (nSPS) is 31.1. The number of hydrogen-bond acceptors (Lipinski definition) is 0. The van der Waals surface area contributed by atoms with Crippen LogP contribution in [0, 0.1) is 23.6 Å². The highest BCUT2D eigenvalue weighted by Crippen LogP contribution is 2.44. The molecule has 4 heteroatoms. The van der Waals surface area contributed by atoms with Gasteiger partial charge < -0.3 is 0 Å². The molecule has 2 aliphatic carbocycles. The molecule has 0 spiro atoms. The first-order chi connectivity index (χ1) is 11.9. The van der Waals surface area contributed by atoms with Gasteiger partial charge in [-0.1, -0.05) is 32.3 Å². The van der Waals surface area contributed by atoms with E-state index in [1.54, 1.807) is 0 Å². The lowest BCUT2D eigenvalue weighted by Gasteiger charge is -2.38. The molecule has 0 atom stereocenters. The molecule has 2 fully saturated rings. The van der Waals surface area contributed by atoms with Crippen LogP contribution >= 0.6 is 0 Å². The third-order valence-corrected chi connectivity index (χ3v) is 6.68. The van der Waals surface area contributed by atoms with Crippen LogP contribution in [0.2, 0.25) is 0 Å². The number of halogens is 4. The minimum Gasteiger partial charge on any atom is -0.206 e. The van der Waals surface area contributed by atoms with Gasteiger partial charge in [0, 0.05) is 0 Å². The van der Waals surface area contributed by atoms with Crippen molar-refractivity contribution in [3.63, 3.8) is 0 Å². The molecule has 0 unspecified atom stereocenters. The molecule has 3 rings (SSSR count). The maximum absolute atomic E-state index is 13.8. The molecule has 0 saturated heterocycles. The Morgan fingerprint density at radius 1 is 0.880 bits per heavy atom. The van der Waals surface area contributed by atoms with E-state index in [-0.39, 0.29) is 5.92 Å². The summed E-state index contributed by atoms with van der Waals surface area (Å²) in [4.78, 5) is 0. The molecule has 25 heavy (non-hydrogen) atoms. The standard InChI is InChI=1S/C21H28F4/c1-2-14-3-5-15(6-4-14)16-7-9-17(10-8-16)18-11-12-19(20(22)13-18)21(23,24)25/h11-17H,2-10H2,1H3. The smallest absolute Gasteiger partial charge is 0.206 e. The fourth-order valence-corrected chi connectivity index (χ4v) is 5.01. The third-order valence-electron chi connectivity index (χ3n) is 6.68. The van der Waals surface area contributed by atoms with Crippen LogP contribution in [0.3, 0.4) is 0 Å². The van der Waals surface area contributed by atoms with Gasteiger partial charge in [-0.3, -0.25) is 0 Å². The maximum Gasteiger partial charge on any atom is 0.419 e. The third kappa shape index (κ3) is 4.38. The average Bonchev–Trinajstić information content (AvgIpc) is 2.61. The molecule has 1 aromatic rings. The Hall–Kier alpha value is -1.06. The lowest BCUT2D eigenvalue weighted by Crippen LogP contribution is -2.25. The first kappa shape index (κ1) is 18.7. The van der Waals surface area contributed by atoms with E-state index in [4.69, 9.17) is 0 Å². The first-order valence-electron chi connectivity index (χ1n) is 9.75. The average molecular weight is 356 g/mol. The Morgan fingerprint density at radius 2 is 1.44 bits per heavy atom. The van der Waals surface area contributed by atoms with Gasteiger partial charge in [0.25, 0.3) is 0 Å². The lowest BCUT2D eigenvalue weighted by atomic mass is 9.68. The van der Waals surface area contributed by atoms with Crippen molar-refractivity contribution in [2.75, 3.05) is 0 Å². The summed E-state index contributed by atoms with van der Waals surface area (Å²) in [6.07, 6.45) is 6.27. The largest absolute Gasteiger partial charge is 0.419 e. The summed E-state index contributed by atoms with van der Waals surface area (Å²) in [6.45, 7) is 2.28. The minimum atomic E-state index is -4.61. The predicted octanol–water partition coefficient (Wildman–Crippen LogP) is 7.33. The molecule has 0 amide bonds. The van der Waals surface area contributed by atoms with Crippen LogP contribution in [0.5, 0.6) is 0 Å². The molecule has 0 nitrogen and oxygen atoms in total. The summed E-state index contributed by atoms with van der Waals surface area (Å²) in [5.74, 6) is 1.56. The van der Waals surface area contributed by atoms with Crippen molar-refractivity contribution < 1.29 is 17.6 Å². The molecule has 1 aromatic carbocycles. The molecule has 0 N–H and O–H groups in total. The molecule has 0 aliphatic heterocycles. The summed E-state index contributed by atoms with van der Waals surface area (Å²) < 4.78 is 51.9. The number of hydrogen-bond donors (Lipinski definition) is 0. The Kier molecular flexibility index (Phi) is 5.75. The second-order valence-corrected chi connectivity index (χ2v) is 8.04. The molecule has 2 saturated carbocycles. The number of alkyl halides is 3. The SMILES string of the molecule is CCC1CCC(C2CCC(c3ccc(C(F)(F)F)c(F)c3)CC2)CC1. The zero-order chi connectivity index (χ0) is 18.0. The van der Waals surface area contributed by atoms with Crippen LogP contribution in [0.1, 0.15) is 81.8 Å². The fourth-order valence-electron chi connectivity index (χ4n) is 5.01. The van der Waals surface area contributed by atoms with Gasteiger partial charge in [0.1, 0.15) is 5.82 Å².